The van der Waals surface area contributed by atoms with Crippen LogP contribution >= 0.6 is 0 Å². The molecule has 100 valence electrons. The number of esters is 2. The lowest BCUT2D eigenvalue weighted by Crippen LogP contribution is -2.14. The van der Waals surface area contributed by atoms with E-state index in [1.54, 1.807) is 0 Å². The number of rotatable bonds is 8. The predicted octanol–water partition coefficient (Wildman–Crippen LogP) is 0.308. The Labute approximate surface area is 101 Å². The van der Waals surface area contributed by atoms with E-state index in [2.05, 4.69) is 9.47 Å². The Morgan fingerprint density at radius 3 is 1.53 bits per heavy atom. The van der Waals surface area contributed by atoms with E-state index in [-0.39, 0.29) is 37.2 Å². The smallest absolute Gasteiger partial charge is 0.305 e. The molecule has 0 aliphatic carbocycles. The quantitative estimate of drug-likeness (QED) is 0.587. The lowest BCUT2D eigenvalue weighted by atomic mass is 10.3. The van der Waals surface area contributed by atoms with E-state index in [0.29, 0.717) is 0 Å². The first-order valence-electron chi connectivity index (χ1n) is 5.25. The summed E-state index contributed by atoms with van der Waals surface area (Å²) in [5, 5.41) is 0. The van der Waals surface area contributed by atoms with Gasteiger partial charge in [0.05, 0.1) is 25.7 Å². The molecule has 0 atom stereocenters. The summed E-state index contributed by atoms with van der Waals surface area (Å²) >= 11 is 0. The Kier molecular flexibility index (Phi) is 7.53. The van der Waals surface area contributed by atoms with E-state index < -0.39 is 21.8 Å². The van der Waals surface area contributed by atoms with Crippen molar-refractivity contribution >= 4 is 21.8 Å². The molecule has 0 bridgehead atoms. The molecule has 0 radical (unpaired) electrons. The second kappa shape index (κ2) is 8.05. The molecule has 0 aromatic heterocycles. The molecule has 0 rings (SSSR count). The van der Waals surface area contributed by atoms with Gasteiger partial charge in [-0.1, -0.05) is 0 Å². The Morgan fingerprint density at radius 2 is 1.24 bits per heavy atom. The number of carbonyl (C=O) groups is 2. The SMILES string of the molecule is COC(=O)CCCS(=O)(=O)CCCC(=O)OC. The normalized spacial score (nSPS) is 10.9. The van der Waals surface area contributed by atoms with Crippen LogP contribution in [-0.4, -0.2) is 46.1 Å². The van der Waals surface area contributed by atoms with Crippen molar-refractivity contribution in [3.8, 4) is 0 Å². The molecule has 0 aromatic carbocycles. The van der Waals surface area contributed by atoms with Gasteiger partial charge >= 0.3 is 11.9 Å². The highest BCUT2D eigenvalue weighted by atomic mass is 32.2. The topological polar surface area (TPSA) is 86.7 Å². The second-order valence-electron chi connectivity index (χ2n) is 3.51. The van der Waals surface area contributed by atoms with Crippen LogP contribution in [0.5, 0.6) is 0 Å². The highest BCUT2D eigenvalue weighted by molar-refractivity contribution is 7.91. The van der Waals surface area contributed by atoms with Crippen molar-refractivity contribution < 1.29 is 27.5 Å². The second-order valence-corrected chi connectivity index (χ2v) is 5.81. The third kappa shape index (κ3) is 8.67. The van der Waals surface area contributed by atoms with Crippen LogP contribution < -0.4 is 0 Å². The van der Waals surface area contributed by atoms with E-state index in [0.717, 1.165) is 0 Å². The average molecular weight is 266 g/mol. The minimum absolute atomic E-state index is 0.0662. The molecular weight excluding hydrogens is 248 g/mol. The molecule has 17 heavy (non-hydrogen) atoms. The number of methoxy groups -OCH3 is 2. The van der Waals surface area contributed by atoms with Crippen molar-refractivity contribution in [2.75, 3.05) is 25.7 Å². The summed E-state index contributed by atoms with van der Waals surface area (Å²) in [5.41, 5.74) is 0. The van der Waals surface area contributed by atoms with Gasteiger partial charge in [0, 0.05) is 12.8 Å². The number of carbonyl (C=O) groups excluding carboxylic acids is 2. The van der Waals surface area contributed by atoms with Gasteiger partial charge < -0.3 is 9.47 Å². The molecule has 7 heteroatoms. The molecule has 0 aliphatic rings. The first-order chi connectivity index (χ1) is 7.91. The molecule has 0 saturated heterocycles. The van der Waals surface area contributed by atoms with Crippen LogP contribution in [0.25, 0.3) is 0 Å². The van der Waals surface area contributed by atoms with Crippen molar-refractivity contribution in [2.24, 2.45) is 0 Å². The summed E-state index contributed by atoms with van der Waals surface area (Å²) in [6.07, 6.45) is 0.667. The molecule has 0 saturated carbocycles. The van der Waals surface area contributed by atoms with Crippen molar-refractivity contribution in [2.45, 2.75) is 25.7 Å². The summed E-state index contributed by atoms with van der Waals surface area (Å²) in [6.45, 7) is 0. The van der Waals surface area contributed by atoms with Crippen LogP contribution in [0.2, 0.25) is 0 Å². The van der Waals surface area contributed by atoms with E-state index in [1.165, 1.54) is 14.2 Å². The molecule has 0 aliphatic heterocycles. The number of hydrogen-bond donors (Lipinski definition) is 0. The number of ether oxygens (including phenoxy) is 2. The van der Waals surface area contributed by atoms with Gasteiger partial charge in [0.2, 0.25) is 0 Å². The van der Waals surface area contributed by atoms with Crippen molar-refractivity contribution in [1.82, 2.24) is 0 Å². The molecule has 0 spiro atoms. The maximum absolute atomic E-state index is 11.5. The highest BCUT2D eigenvalue weighted by Gasteiger charge is 2.13. The molecule has 0 aromatic rings. The third-order valence-electron chi connectivity index (χ3n) is 2.13. The Balaban J connectivity index is 3.81. The average Bonchev–Trinajstić information content (AvgIpc) is 2.27. The van der Waals surface area contributed by atoms with E-state index >= 15 is 0 Å². The zero-order valence-corrected chi connectivity index (χ0v) is 10.9. The van der Waals surface area contributed by atoms with E-state index in [1.807, 2.05) is 0 Å². The lowest BCUT2D eigenvalue weighted by molar-refractivity contribution is -0.141. The summed E-state index contributed by atoms with van der Waals surface area (Å²) in [5.74, 6) is -0.975. The zero-order valence-electron chi connectivity index (χ0n) is 10.1. The molecule has 0 amide bonds. The monoisotopic (exact) mass is 266 g/mol. The Hall–Kier alpha value is -1.11. The van der Waals surface area contributed by atoms with Crippen molar-refractivity contribution in [1.29, 1.82) is 0 Å². The van der Waals surface area contributed by atoms with Gasteiger partial charge in [-0.25, -0.2) is 8.42 Å². The Bertz CT molecular complexity index is 318. The number of sulfone groups is 1. The Morgan fingerprint density at radius 1 is 0.882 bits per heavy atom. The van der Waals surface area contributed by atoms with Gasteiger partial charge in [-0.15, -0.1) is 0 Å². The summed E-state index contributed by atoms with van der Waals surface area (Å²) < 4.78 is 31.7. The zero-order chi connectivity index (χ0) is 13.3. The maximum atomic E-state index is 11.5. The molecular formula is C10H18O6S. The van der Waals surface area contributed by atoms with E-state index in [4.69, 9.17) is 0 Å². The molecule has 0 heterocycles. The summed E-state index contributed by atoms with van der Waals surface area (Å²) in [6, 6.07) is 0. The van der Waals surface area contributed by atoms with Crippen LogP contribution in [-0.2, 0) is 28.9 Å². The van der Waals surface area contributed by atoms with E-state index in [9.17, 15) is 18.0 Å². The fourth-order valence-electron chi connectivity index (χ4n) is 1.18. The van der Waals surface area contributed by atoms with Gasteiger partial charge in [0.1, 0.15) is 9.84 Å². The summed E-state index contributed by atoms with van der Waals surface area (Å²) in [7, 11) is -0.691. The first kappa shape index (κ1) is 15.9. The van der Waals surface area contributed by atoms with Gasteiger partial charge in [0.25, 0.3) is 0 Å². The minimum Gasteiger partial charge on any atom is -0.469 e. The standard InChI is InChI=1S/C10H18O6S/c1-15-9(11)5-3-7-17(13,14)8-4-6-10(12)16-2/h3-8H2,1-2H3. The first-order valence-corrected chi connectivity index (χ1v) is 7.07. The summed E-state index contributed by atoms with van der Waals surface area (Å²) in [4.78, 5) is 21.5. The highest BCUT2D eigenvalue weighted by Crippen LogP contribution is 2.03. The molecule has 0 unspecified atom stereocenters. The molecule has 0 fully saturated rings. The van der Waals surface area contributed by atoms with Crippen LogP contribution in [0.3, 0.4) is 0 Å². The predicted molar refractivity (Wildman–Crippen MR) is 61.2 cm³/mol. The van der Waals surface area contributed by atoms with Gasteiger partial charge in [-0.2, -0.15) is 0 Å². The van der Waals surface area contributed by atoms with Crippen LogP contribution in [0.1, 0.15) is 25.7 Å². The molecule has 6 nitrogen and oxygen atoms in total. The van der Waals surface area contributed by atoms with Gasteiger partial charge in [-0.3, -0.25) is 9.59 Å². The van der Waals surface area contributed by atoms with Crippen LogP contribution in [0.15, 0.2) is 0 Å². The van der Waals surface area contributed by atoms with Crippen molar-refractivity contribution in [3.05, 3.63) is 0 Å². The fourth-order valence-corrected chi connectivity index (χ4v) is 2.55. The van der Waals surface area contributed by atoms with Crippen molar-refractivity contribution in [3.63, 3.8) is 0 Å². The van der Waals surface area contributed by atoms with Gasteiger partial charge in [0.15, 0.2) is 0 Å². The molecule has 0 N–H and O–H groups in total. The fraction of sp³-hybridized carbons (Fsp3) is 0.800. The maximum Gasteiger partial charge on any atom is 0.305 e. The lowest BCUT2D eigenvalue weighted by Gasteiger charge is -2.03. The van der Waals surface area contributed by atoms with Crippen LogP contribution in [0.4, 0.5) is 0 Å². The number of hydrogen-bond acceptors (Lipinski definition) is 6. The largest absolute Gasteiger partial charge is 0.469 e. The van der Waals surface area contributed by atoms with Gasteiger partial charge in [-0.05, 0) is 12.8 Å². The van der Waals surface area contributed by atoms with Crippen LogP contribution in [0, 0.1) is 0 Å². The third-order valence-corrected chi connectivity index (χ3v) is 3.95. The minimum atomic E-state index is -3.20.